The van der Waals surface area contributed by atoms with Gasteiger partial charge in [0.2, 0.25) is 5.97 Å². The number of halogens is 2. The summed E-state index contributed by atoms with van der Waals surface area (Å²) in [6, 6.07) is 0. The van der Waals surface area contributed by atoms with Gasteiger partial charge < -0.3 is 4.98 Å². The first-order valence-corrected chi connectivity index (χ1v) is 3.26. The standard InChI is InChI=1S/C7H7F2N3/c1-2-11-7-5(6(9)10)4(8)3-12-7/h2-3,10,12H,1H3/b10-6?,11-2-. The number of nitrogens with zero attached hydrogens (tertiary/aromatic N) is 1. The molecule has 1 aromatic heterocycles. The molecule has 3 nitrogen and oxygen atoms in total. The van der Waals surface area contributed by atoms with Crippen LogP contribution in [0.5, 0.6) is 0 Å². The van der Waals surface area contributed by atoms with E-state index < -0.39 is 17.3 Å². The Labute approximate surface area is 67.6 Å². The molecule has 0 amide bonds. The van der Waals surface area contributed by atoms with Crippen molar-refractivity contribution in [3.63, 3.8) is 0 Å². The third kappa shape index (κ3) is 1.39. The lowest BCUT2D eigenvalue weighted by atomic mass is 10.3. The quantitative estimate of drug-likeness (QED) is 0.641. The van der Waals surface area contributed by atoms with Gasteiger partial charge in [0.1, 0.15) is 11.4 Å². The van der Waals surface area contributed by atoms with Gasteiger partial charge in [-0.1, -0.05) is 0 Å². The fraction of sp³-hybridized carbons (Fsp3) is 0.143. The largest absolute Gasteiger partial charge is 0.343 e. The van der Waals surface area contributed by atoms with Crippen molar-refractivity contribution in [2.24, 2.45) is 4.99 Å². The minimum absolute atomic E-state index is 0.0301. The zero-order chi connectivity index (χ0) is 9.14. The first-order valence-electron chi connectivity index (χ1n) is 3.26. The number of aliphatic imine (C=N–C) groups is 1. The van der Waals surface area contributed by atoms with Gasteiger partial charge in [0.25, 0.3) is 0 Å². The molecule has 2 N–H and O–H groups in total. The molecular weight excluding hydrogens is 164 g/mol. The normalized spacial score (nSPS) is 10.9. The molecule has 0 radical (unpaired) electrons. The third-order valence-electron chi connectivity index (χ3n) is 1.29. The molecule has 0 aliphatic heterocycles. The van der Waals surface area contributed by atoms with Gasteiger partial charge in [-0.25, -0.2) is 9.38 Å². The van der Waals surface area contributed by atoms with Crippen LogP contribution in [0.2, 0.25) is 0 Å². The molecule has 1 rings (SSSR count). The lowest BCUT2D eigenvalue weighted by Crippen LogP contribution is -1.90. The molecule has 12 heavy (non-hydrogen) atoms. The number of hydrogen-bond donors (Lipinski definition) is 2. The van der Waals surface area contributed by atoms with Crippen LogP contribution in [0.1, 0.15) is 12.5 Å². The van der Waals surface area contributed by atoms with Gasteiger partial charge in [0, 0.05) is 12.4 Å². The van der Waals surface area contributed by atoms with E-state index in [1.165, 1.54) is 6.21 Å². The van der Waals surface area contributed by atoms with Crippen LogP contribution in [0.3, 0.4) is 0 Å². The Hall–Kier alpha value is -1.52. The summed E-state index contributed by atoms with van der Waals surface area (Å²) < 4.78 is 25.1. The van der Waals surface area contributed by atoms with Crippen molar-refractivity contribution < 1.29 is 8.78 Å². The van der Waals surface area contributed by atoms with Crippen molar-refractivity contribution >= 4 is 18.0 Å². The highest BCUT2D eigenvalue weighted by Gasteiger charge is 2.14. The van der Waals surface area contributed by atoms with Crippen molar-refractivity contribution in [1.82, 2.24) is 4.98 Å². The smallest absolute Gasteiger partial charge is 0.219 e. The Morgan fingerprint density at radius 2 is 2.42 bits per heavy atom. The van der Waals surface area contributed by atoms with Crippen LogP contribution < -0.4 is 0 Å². The fourth-order valence-electron chi connectivity index (χ4n) is 0.829. The summed E-state index contributed by atoms with van der Waals surface area (Å²) in [6.07, 6.45) is 2.35. The highest BCUT2D eigenvalue weighted by molar-refractivity contribution is 5.96. The van der Waals surface area contributed by atoms with Crippen LogP contribution in [0.4, 0.5) is 14.6 Å². The number of aromatic amines is 1. The van der Waals surface area contributed by atoms with E-state index in [9.17, 15) is 8.78 Å². The predicted octanol–water partition coefficient (Wildman–Crippen LogP) is 2.17. The fourth-order valence-corrected chi connectivity index (χ4v) is 0.829. The van der Waals surface area contributed by atoms with E-state index in [0.29, 0.717) is 0 Å². The van der Waals surface area contributed by atoms with Crippen molar-refractivity contribution in [3.05, 3.63) is 17.6 Å². The number of H-pyrrole nitrogens is 1. The van der Waals surface area contributed by atoms with Crippen molar-refractivity contribution in [2.45, 2.75) is 6.92 Å². The van der Waals surface area contributed by atoms with E-state index in [0.717, 1.165) is 6.20 Å². The lowest BCUT2D eigenvalue weighted by Gasteiger charge is -1.91. The Morgan fingerprint density at radius 1 is 1.75 bits per heavy atom. The lowest BCUT2D eigenvalue weighted by molar-refractivity contribution is 0.622. The maximum Gasteiger partial charge on any atom is 0.219 e. The van der Waals surface area contributed by atoms with Crippen molar-refractivity contribution in [1.29, 1.82) is 5.41 Å². The van der Waals surface area contributed by atoms with Gasteiger partial charge in [0.05, 0.1) is 0 Å². The molecule has 1 aromatic rings. The summed E-state index contributed by atoms with van der Waals surface area (Å²) in [5.74, 6) is -2.10. The van der Waals surface area contributed by atoms with E-state index in [1.807, 2.05) is 0 Å². The first-order chi connectivity index (χ1) is 5.66. The summed E-state index contributed by atoms with van der Waals surface area (Å²) in [7, 11) is 0. The van der Waals surface area contributed by atoms with Gasteiger partial charge in [-0.15, -0.1) is 0 Å². The Kier molecular flexibility index (Phi) is 2.32. The second-order valence-corrected chi connectivity index (χ2v) is 2.06. The average molecular weight is 171 g/mol. The molecule has 0 aliphatic rings. The molecule has 0 aromatic carbocycles. The maximum absolute atomic E-state index is 12.7. The van der Waals surface area contributed by atoms with E-state index in [2.05, 4.69) is 9.98 Å². The molecule has 0 spiro atoms. The number of nitrogens with one attached hydrogen (secondary N) is 2. The Bertz CT molecular complexity index is 327. The van der Waals surface area contributed by atoms with Gasteiger partial charge in [-0.2, -0.15) is 4.39 Å². The van der Waals surface area contributed by atoms with E-state index in [-0.39, 0.29) is 5.82 Å². The second-order valence-electron chi connectivity index (χ2n) is 2.06. The van der Waals surface area contributed by atoms with E-state index in [4.69, 9.17) is 5.41 Å². The van der Waals surface area contributed by atoms with Crippen molar-refractivity contribution in [3.8, 4) is 0 Å². The molecule has 5 heteroatoms. The molecule has 0 atom stereocenters. The summed E-state index contributed by atoms with van der Waals surface area (Å²) >= 11 is 0. The summed E-state index contributed by atoms with van der Waals surface area (Å²) in [5.41, 5.74) is -0.423. The zero-order valence-electron chi connectivity index (χ0n) is 6.36. The molecular formula is C7H7F2N3. The average Bonchev–Trinajstić information content (AvgIpc) is 2.32. The van der Waals surface area contributed by atoms with Gasteiger partial charge in [-0.3, -0.25) is 5.41 Å². The van der Waals surface area contributed by atoms with E-state index >= 15 is 0 Å². The monoisotopic (exact) mass is 171 g/mol. The Balaban J connectivity index is 3.21. The van der Waals surface area contributed by atoms with Crippen LogP contribution >= 0.6 is 0 Å². The highest BCUT2D eigenvalue weighted by Crippen LogP contribution is 2.20. The molecule has 1 heterocycles. The minimum atomic E-state index is -1.32. The molecule has 0 aliphatic carbocycles. The van der Waals surface area contributed by atoms with Crippen LogP contribution in [0.15, 0.2) is 11.2 Å². The summed E-state index contributed by atoms with van der Waals surface area (Å²) in [5, 5.41) is 6.61. The number of rotatable bonds is 2. The van der Waals surface area contributed by atoms with Crippen LogP contribution in [-0.2, 0) is 0 Å². The van der Waals surface area contributed by atoms with Gasteiger partial charge in [-0.05, 0) is 6.92 Å². The maximum atomic E-state index is 12.7. The number of hydrogen-bond acceptors (Lipinski definition) is 2. The molecule has 0 fully saturated rings. The molecule has 0 unspecified atom stereocenters. The van der Waals surface area contributed by atoms with Crippen LogP contribution in [0.25, 0.3) is 0 Å². The zero-order valence-corrected chi connectivity index (χ0v) is 6.36. The van der Waals surface area contributed by atoms with E-state index in [1.54, 1.807) is 6.92 Å². The summed E-state index contributed by atoms with van der Waals surface area (Å²) in [6.45, 7) is 1.62. The molecule has 64 valence electrons. The van der Waals surface area contributed by atoms with Gasteiger partial charge in [0.15, 0.2) is 5.82 Å². The highest BCUT2D eigenvalue weighted by atomic mass is 19.1. The topological polar surface area (TPSA) is 52.0 Å². The van der Waals surface area contributed by atoms with Crippen LogP contribution in [0, 0.1) is 11.2 Å². The first kappa shape index (κ1) is 8.58. The number of aromatic nitrogens is 1. The van der Waals surface area contributed by atoms with Crippen LogP contribution in [-0.4, -0.2) is 17.2 Å². The molecule has 0 saturated heterocycles. The SMILES string of the molecule is C/C=N\c1[nH]cc(F)c1C(=N)F. The Morgan fingerprint density at radius 3 is 2.92 bits per heavy atom. The molecule has 0 saturated carbocycles. The third-order valence-corrected chi connectivity index (χ3v) is 1.29. The molecule has 0 bridgehead atoms. The second kappa shape index (κ2) is 3.25. The van der Waals surface area contributed by atoms with Crippen molar-refractivity contribution in [2.75, 3.05) is 0 Å². The summed E-state index contributed by atoms with van der Waals surface area (Å²) in [4.78, 5) is 6.05. The van der Waals surface area contributed by atoms with Gasteiger partial charge >= 0.3 is 0 Å². The predicted molar refractivity (Wildman–Crippen MR) is 42.5 cm³/mol. The minimum Gasteiger partial charge on any atom is -0.343 e.